The summed E-state index contributed by atoms with van der Waals surface area (Å²) in [5, 5.41) is 9.72. The van der Waals surface area contributed by atoms with Crippen LogP contribution in [0, 0.1) is 0 Å². The first kappa shape index (κ1) is 17.2. The van der Waals surface area contributed by atoms with Gasteiger partial charge in [-0.3, -0.25) is 9.48 Å². The van der Waals surface area contributed by atoms with E-state index in [0.29, 0.717) is 24.3 Å². The molecule has 27 heavy (non-hydrogen) atoms. The molecule has 0 aliphatic heterocycles. The Morgan fingerprint density at radius 2 is 1.70 bits per heavy atom. The monoisotopic (exact) mass is 373 g/mol. The minimum atomic E-state index is -0.110. The molecule has 0 radical (unpaired) electrons. The molecule has 0 aliphatic carbocycles. The maximum absolute atomic E-state index is 12.8. The first-order valence-electron chi connectivity index (χ1n) is 8.77. The van der Waals surface area contributed by atoms with Crippen LogP contribution in [0.5, 0.6) is 0 Å². The fraction of sp³-hybridized carbons (Fsp3) is 0.0909. The molecule has 4 rings (SSSR count). The highest BCUT2D eigenvalue weighted by atomic mass is 32.1. The van der Waals surface area contributed by atoms with Gasteiger partial charge < -0.3 is 5.32 Å². The van der Waals surface area contributed by atoms with Gasteiger partial charge in [0.15, 0.2) is 0 Å². The van der Waals surface area contributed by atoms with Gasteiger partial charge in [-0.2, -0.15) is 5.10 Å². The maximum atomic E-state index is 12.8. The number of hydrogen-bond donors (Lipinski definition) is 1. The quantitative estimate of drug-likeness (QED) is 0.537. The van der Waals surface area contributed by atoms with E-state index >= 15 is 0 Å². The van der Waals surface area contributed by atoms with Crippen LogP contribution in [0.4, 0.5) is 0 Å². The van der Waals surface area contributed by atoms with E-state index in [1.165, 1.54) is 0 Å². The van der Waals surface area contributed by atoms with Crippen LogP contribution < -0.4 is 5.32 Å². The van der Waals surface area contributed by atoms with E-state index < -0.39 is 0 Å². The van der Waals surface area contributed by atoms with Crippen molar-refractivity contribution in [2.24, 2.45) is 0 Å². The number of hydrogen-bond acceptors (Lipinski definition) is 3. The molecule has 0 saturated carbocycles. The lowest BCUT2D eigenvalue weighted by Crippen LogP contribution is -2.22. The molecular weight excluding hydrogens is 354 g/mol. The van der Waals surface area contributed by atoms with Crippen molar-refractivity contribution >= 4 is 17.2 Å². The highest BCUT2D eigenvalue weighted by Gasteiger charge is 2.18. The minimum Gasteiger partial charge on any atom is -0.347 e. The summed E-state index contributed by atoms with van der Waals surface area (Å²) in [6, 6.07) is 23.9. The van der Waals surface area contributed by atoms with Crippen molar-refractivity contribution in [1.82, 2.24) is 15.1 Å². The SMILES string of the molecule is O=C(NCc1cccs1)c1cn(Cc2ccccc2)nc1-c1ccccc1. The van der Waals surface area contributed by atoms with Crippen molar-refractivity contribution in [3.8, 4) is 11.3 Å². The number of benzene rings is 2. The molecule has 134 valence electrons. The van der Waals surface area contributed by atoms with E-state index in [2.05, 4.69) is 17.4 Å². The predicted octanol–water partition coefficient (Wildman–Crippen LogP) is 4.59. The molecule has 0 unspecified atom stereocenters. The van der Waals surface area contributed by atoms with Gasteiger partial charge in [0.1, 0.15) is 5.69 Å². The van der Waals surface area contributed by atoms with Gasteiger partial charge in [0.25, 0.3) is 5.91 Å². The molecule has 2 aromatic carbocycles. The van der Waals surface area contributed by atoms with Crippen molar-refractivity contribution in [2.75, 3.05) is 0 Å². The Kier molecular flexibility index (Phi) is 5.12. The van der Waals surface area contributed by atoms with Gasteiger partial charge in [0.2, 0.25) is 0 Å². The fourth-order valence-corrected chi connectivity index (χ4v) is 3.57. The molecule has 2 aromatic heterocycles. The second-order valence-electron chi connectivity index (χ2n) is 6.20. The Morgan fingerprint density at radius 1 is 0.963 bits per heavy atom. The normalized spacial score (nSPS) is 10.7. The van der Waals surface area contributed by atoms with Crippen molar-refractivity contribution in [2.45, 2.75) is 13.1 Å². The van der Waals surface area contributed by atoms with Crippen molar-refractivity contribution in [3.05, 3.63) is 100 Å². The van der Waals surface area contributed by atoms with Crippen molar-refractivity contribution in [1.29, 1.82) is 0 Å². The average molecular weight is 373 g/mol. The van der Waals surface area contributed by atoms with E-state index in [1.807, 2.05) is 76.9 Å². The molecular formula is C22H19N3OS. The van der Waals surface area contributed by atoms with Crippen molar-refractivity contribution < 1.29 is 4.79 Å². The van der Waals surface area contributed by atoms with E-state index in [9.17, 15) is 4.79 Å². The molecule has 0 aliphatic rings. The summed E-state index contributed by atoms with van der Waals surface area (Å²) >= 11 is 1.63. The Labute approximate surface area is 162 Å². The maximum Gasteiger partial charge on any atom is 0.255 e. The highest BCUT2D eigenvalue weighted by molar-refractivity contribution is 7.09. The molecule has 0 bridgehead atoms. The summed E-state index contributed by atoms with van der Waals surface area (Å²) in [5.41, 5.74) is 3.37. The molecule has 2 heterocycles. The summed E-state index contributed by atoms with van der Waals surface area (Å²) in [5.74, 6) is -0.110. The van der Waals surface area contributed by atoms with E-state index in [4.69, 9.17) is 5.10 Å². The zero-order valence-corrected chi connectivity index (χ0v) is 15.5. The third-order valence-electron chi connectivity index (χ3n) is 4.24. The van der Waals surface area contributed by atoms with Crippen LogP contribution in [-0.4, -0.2) is 15.7 Å². The number of carbonyl (C=O) groups is 1. The van der Waals surface area contributed by atoms with Crippen LogP contribution in [0.25, 0.3) is 11.3 Å². The molecule has 1 amide bonds. The molecule has 5 heteroatoms. The van der Waals surface area contributed by atoms with Gasteiger partial charge in [0, 0.05) is 16.6 Å². The second kappa shape index (κ2) is 8.01. The summed E-state index contributed by atoms with van der Waals surface area (Å²) in [6.07, 6.45) is 1.83. The van der Waals surface area contributed by atoms with Gasteiger partial charge in [-0.25, -0.2) is 0 Å². The summed E-state index contributed by atoms with van der Waals surface area (Å²) in [4.78, 5) is 14.0. The van der Waals surface area contributed by atoms with Gasteiger partial charge >= 0.3 is 0 Å². The Morgan fingerprint density at radius 3 is 2.41 bits per heavy atom. The predicted molar refractivity (Wildman–Crippen MR) is 109 cm³/mol. The van der Waals surface area contributed by atoms with Gasteiger partial charge in [-0.1, -0.05) is 66.7 Å². The first-order chi connectivity index (χ1) is 13.3. The standard InChI is InChI=1S/C22H19N3OS/c26-22(23-14-19-12-7-13-27-19)20-16-25(15-17-8-3-1-4-9-17)24-21(20)18-10-5-2-6-11-18/h1-13,16H,14-15H2,(H,23,26). The summed E-state index contributed by atoms with van der Waals surface area (Å²) in [6.45, 7) is 1.15. The Bertz CT molecular complexity index is 1010. The van der Waals surface area contributed by atoms with Gasteiger partial charge in [0.05, 0.1) is 18.7 Å². The van der Waals surface area contributed by atoms with E-state index in [1.54, 1.807) is 11.3 Å². The van der Waals surface area contributed by atoms with E-state index in [0.717, 1.165) is 16.0 Å². The fourth-order valence-electron chi connectivity index (χ4n) is 2.92. The highest BCUT2D eigenvalue weighted by Crippen LogP contribution is 2.22. The van der Waals surface area contributed by atoms with Crippen LogP contribution in [0.1, 0.15) is 20.8 Å². The third kappa shape index (κ3) is 4.15. The second-order valence-corrected chi connectivity index (χ2v) is 7.23. The molecule has 4 nitrogen and oxygen atoms in total. The van der Waals surface area contributed by atoms with Crippen LogP contribution in [-0.2, 0) is 13.1 Å². The topological polar surface area (TPSA) is 46.9 Å². The van der Waals surface area contributed by atoms with Gasteiger partial charge in [-0.15, -0.1) is 11.3 Å². The van der Waals surface area contributed by atoms with Crippen LogP contribution in [0.15, 0.2) is 84.4 Å². The first-order valence-corrected chi connectivity index (χ1v) is 9.65. The number of rotatable bonds is 6. The molecule has 1 N–H and O–H groups in total. The molecule has 0 atom stereocenters. The number of thiophene rings is 1. The van der Waals surface area contributed by atoms with Crippen molar-refractivity contribution in [3.63, 3.8) is 0 Å². The number of nitrogens with zero attached hydrogens (tertiary/aromatic N) is 2. The Balaban J connectivity index is 1.62. The third-order valence-corrected chi connectivity index (χ3v) is 5.12. The zero-order valence-electron chi connectivity index (χ0n) is 14.7. The minimum absolute atomic E-state index is 0.110. The molecule has 4 aromatic rings. The molecule has 0 spiro atoms. The number of aromatic nitrogens is 2. The number of nitrogens with one attached hydrogen (secondary N) is 1. The lowest BCUT2D eigenvalue weighted by molar-refractivity contribution is 0.0952. The number of carbonyl (C=O) groups excluding carboxylic acids is 1. The average Bonchev–Trinajstić information content (AvgIpc) is 3.38. The summed E-state index contributed by atoms with van der Waals surface area (Å²) in [7, 11) is 0. The van der Waals surface area contributed by atoms with Crippen LogP contribution in [0.2, 0.25) is 0 Å². The van der Waals surface area contributed by atoms with Gasteiger partial charge in [-0.05, 0) is 17.0 Å². The Hall–Kier alpha value is -3.18. The zero-order chi connectivity index (χ0) is 18.5. The largest absolute Gasteiger partial charge is 0.347 e. The smallest absolute Gasteiger partial charge is 0.255 e. The lowest BCUT2D eigenvalue weighted by Gasteiger charge is -2.04. The lowest BCUT2D eigenvalue weighted by atomic mass is 10.1. The van der Waals surface area contributed by atoms with Crippen LogP contribution in [0.3, 0.4) is 0 Å². The molecule has 0 fully saturated rings. The van der Waals surface area contributed by atoms with Crippen LogP contribution >= 0.6 is 11.3 Å². The molecule has 0 saturated heterocycles. The summed E-state index contributed by atoms with van der Waals surface area (Å²) < 4.78 is 1.83. The van der Waals surface area contributed by atoms with E-state index in [-0.39, 0.29) is 5.91 Å². The number of amides is 1.